The third kappa shape index (κ3) is 7.53. The standard InChI is InChI=1S/C26H30N6O7/c27-23(28)16-4-3-15(11-20(33)25(37)38)21(12-16)39-13-18(6-8-22(34)35)31-24(36)17-5-7-19-14(10-17)2-1-9-32(19)26(29)30/h3-5,7,10,12,18H,1-2,6,8-9,11,13H2,(H3,27,28)(H3,29,30)(H,31,36)(H,34,35)(H,37,38)/t18-/m1/s1. The van der Waals surface area contributed by atoms with Crippen LogP contribution in [0.5, 0.6) is 5.75 Å². The van der Waals surface area contributed by atoms with E-state index in [1.54, 1.807) is 23.1 Å². The summed E-state index contributed by atoms with van der Waals surface area (Å²) in [5, 5.41) is 36.3. The van der Waals surface area contributed by atoms with E-state index in [0.717, 1.165) is 17.7 Å². The van der Waals surface area contributed by atoms with Gasteiger partial charge < -0.3 is 36.6 Å². The molecule has 1 amide bonds. The number of carboxylic acids is 2. The predicted molar refractivity (Wildman–Crippen MR) is 141 cm³/mol. The summed E-state index contributed by atoms with van der Waals surface area (Å²) in [5.74, 6) is -4.49. The topological polar surface area (TPSA) is 233 Å². The number of nitrogens with one attached hydrogen (secondary N) is 3. The number of benzene rings is 2. The number of nitrogen functional groups attached to an aromatic ring is 1. The minimum absolute atomic E-state index is 0.0277. The summed E-state index contributed by atoms with van der Waals surface area (Å²) in [4.78, 5) is 48.8. The zero-order chi connectivity index (χ0) is 28.7. The molecule has 2 aromatic rings. The normalized spacial score (nSPS) is 13.1. The summed E-state index contributed by atoms with van der Waals surface area (Å²) < 4.78 is 5.82. The first-order valence-electron chi connectivity index (χ1n) is 12.1. The van der Waals surface area contributed by atoms with Gasteiger partial charge in [-0.3, -0.25) is 25.2 Å². The molecule has 13 nitrogen and oxygen atoms in total. The lowest BCUT2D eigenvalue weighted by Crippen LogP contribution is -2.41. The van der Waals surface area contributed by atoms with Gasteiger partial charge in [0.15, 0.2) is 5.96 Å². The first kappa shape index (κ1) is 28.6. The second kappa shape index (κ2) is 12.5. The number of amidine groups is 1. The first-order chi connectivity index (χ1) is 18.5. The van der Waals surface area contributed by atoms with E-state index in [0.29, 0.717) is 18.5 Å². The summed E-state index contributed by atoms with van der Waals surface area (Å²) in [6.45, 7) is 0.408. The number of hydrogen-bond acceptors (Lipinski definition) is 7. The molecule has 2 aromatic carbocycles. The molecule has 9 N–H and O–H groups in total. The van der Waals surface area contributed by atoms with Crippen molar-refractivity contribution in [3.8, 4) is 5.75 Å². The number of carbonyl (C=O) groups is 4. The highest BCUT2D eigenvalue weighted by molar-refractivity contribution is 6.33. The quantitative estimate of drug-likeness (QED) is 0.114. The molecule has 1 heterocycles. The van der Waals surface area contributed by atoms with Gasteiger partial charge in [0, 0.05) is 41.8 Å². The Kier molecular flexibility index (Phi) is 9.20. The van der Waals surface area contributed by atoms with E-state index in [2.05, 4.69) is 5.32 Å². The number of hydrogen-bond donors (Lipinski definition) is 7. The van der Waals surface area contributed by atoms with E-state index >= 15 is 0 Å². The highest BCUT2D eigenvalue weighted by Gasteiger charge is 2.23. The number of ketones is 1. The molecule has 13 heteroatoms. The van der Waals surface area contributed by atoms with Crippen molar-refractivity contribution in [1.82, 2.24) is 5.32 Å². The van der Waals surface area contributed by atoms with Gasteiger partial charge in [0.05, 0.1) is 6.04 Å². The van der Waals surface area contributed by atoms with Gasteiger partial charge in [-0.25, -0.2) is 4.79 Å². The highest BCUT2D eigenvalue weighted by Crippen LogP contribution is 2.28. The van der Waals surface area contributed by atoms with Crippen molar-refractivity contribution < 1.29 is 34.1 Å². The molecule has 0 bridgehead atoms. The van der Waals surface area contributed by atoms with Crippen molar-refractivity contribution in [2.24, 2.45) is 11.5 Å². The van der Waals surface area contributed by atoms with Gasteiger partial charge in [-0.1, -0.05) is 12.1 Å². The molecule has 1 aliphatic rings. The monoisotopic (exact) mass is 538 g/mol. The van der Waals surface area contributed by atoms with Crippen LogP contribution in [0.3, 0.4) is 0 Å². The molecule has 0 radical (unpaired) electrons. The average Bonchev–Trinajstić information content (AvgIpc) is 2.89. The fourth-order valence-corrected chi connectivity index (χ4v) is 4.19. The smallest absolute Gasteiger partial charge is 0.372 e. The Bertz CT molecular complexity index is 1330. The lowest BCUT2D eigenvalue weighted by molar-refractivity contribution is -0.148. The van der Waals surface area contributed by atoms with Crippen LogP contribution in [-0.2, 0) is 27.2 Å². The number of carbonyl (C=O) groups excluding carboxylic acids is 2. The lowest BCUT2D eigenvalue weighted by Gasteiger charge is -2.30. The van der Waals surface area contributed by atoms with Crippen molar-refractivity contribution in [2.75, 3.05) is 18.1 Å². The molecule has 0 spiro atoms. The molecule has 0 aromatic heterocycles. The van der Waals surface area contributed by atoms with Crippen LogP contribution in [-0.4, -0.2) is 64.8 Å². The molecule has 0 saturated carbocycles. The second-order valence-corrected chi connectivity index (χ2v) is 9.04. The Morgan fingerprint density at radius 1 is 1.05 bits per heavy atom. The van der Waals surface area contributed by atoms with E-state index in [9.17, 15) is 24.3 Å². The fourth-order valence-electron chi connectivity index (χ4n) is 4.19. The highest BCUT2D eigenvalue weighted by atomic mass is 16.5. The maximum atomic E-state index is 13.1. The van der Waals surface area contributed by atoms with Crippen molar-refractivity contribution in [3.63, 3.8) is 0 Å². The minimum Gasteiger partial charge on any atom is -0.491 e. The summed E-state index contributed by atoms with van der Waals surface area (Å²) in [5.41, 5.74) is 13.7. The number of aryl methyl sites for hydroxylation is 1. The molecule has 0 saturated heterocycles. The molecular weight excluding hydrogens is 508 g/mol. The molecule has 0 unspecified atom stereocenters. The second-order valence-electron chi connectivity index (χ2n) is 9.04. The average molecular weight is 539 g/mol. The Balaban J connectivity index is 1.80. The van der Waals surface area contributed by atoms with Crippen molar-refractivity contribution in [2.45, 2.75) is 38.1 Å². The maximum Gasteiger partial charge on any atom is 0.372 e. The summed E-state index contributed by atoms with van der Waals surface area (Å²) >= 11 is 0. The Hall–Kier alpha value is -4.94. The van der Waals surface area contributed by atoms with Gasteiger partial charge in [0.1, 0.15) is 18.2 Å². The Morgan fingerprint density at radius 3 is 2.41 bits per heavy atom. The van der Waals surface area contributed by atoms with E-state index < -0.39 is 36.1 Å². The molecule has 1 aliphatic heterocycles. The van der Waals surface area contributed by atoms with Gasteiger partial charge >= 0.3 is 11.9 Å². The van der Waals surface area contributed by atoms with E-state index in [4.69, 9.17) is 32.1 Å². The van der Waals surface area contributed by atoms with E-state index in [1.807, 2.05) is 0 Å². The number of guanidine groups is 1. The fraction of sp³-hybridized carbons (Fsp3) is 0.308. The van der Waals surface area contributed by atoms with Crippen LogP contribution in [0.4, 0.5) is 5.69 Å². The number of amides is 1. The molecule has 39 heavy (non-hydrogen) atoms. The molecular formula is C26H30N6O7. The van der Waals surface area contributed by atoms with Crippen LogP contribution < -0.4 is 26.4 Å². The number of nitrogens with two attached hydrogens (primary N) is 2. The van der Waals surface area contributed by atoms with Crippen LogP contribution in [0.15, 0.2) is 36.4 Å². The third-order valence-electron chi connectivity index (χ3n) is 6.20. The maximum absolute atomic E-state index is 13.1. The number of nitrogens with zero attached hydrogens (tertiary/aromatic N) is 1. The van der Waals surface area contributed by atoms with Gasteiger partial charge in [0.25, 0.3) is 5.91 Å². The lowest BCUT2D eigenvalue weighted by atomic mass is 9.99. The zero-order valence-electron chi connectivity index (χ0n) is 21.0. The zero-order valence-corrected chi connectivity index (χ0v) is 21.0. The van der Waals surface area contributed by atoms with Crippen LogP contribution in [0.1, 0.15) is 46.3 Å². The number of anilines is 1. The molecule has 0 aliphatic carbocycles. The number of Topliss-reactive ketones (excluding diaryl/α,β-unsaturated/α-hetero) is 1. The summed E-state index contributed by atoms with van der Waals surface area (Å²) in [6.07, 6.45) is 0.764. The summed E-state index contributed by atoms with van der Waals surface area (Å²) in [6, 6.07) is 8.51. The number of ether oxygens (including phenoxy) is 1. The number of aliphatic carboxylic acids is 2. The van der Waals surface area contributed by atoms with E-state index in [1.165, 1.54) is 18.2 Å². The van der Waals surface area contributed by atoms with Crippen molar-refractivity contribution >= 4 is 41.1 Å². The third-order valence-corrected chi connectivity index (χ3v) is 6.20. The number of fused-ring (bicyclic) bond motifs is 1. The van der Waals surface area contributed by atoms with Gasteiger partial charge in [0.2, 0.25) is 5.78 Å². The van der Waals surface area contributed by atoms with Crippen LogP contribution in [0.25, 0.3) is 0 Å². The molecule has 0 fully saturated rings. The van der Waals surface area contributed by atoms with Crippen LogP contribution in [0, 0.1) is 10.8 Å². The van der Waals surface area contributed by atoms with E-state index in [-0.39, 0.29) is 48.1 Å². The number of carboxylic acid groups (broad SMARTS) is 2. The van der Waals surface area contributed by atoms with Crippen molar-refractivity contribution in [1.29, 1.82) is 10.8 Å². The first-order valence-corrected chi connectivity index (χ1v) is 12.1. The number of rotatable bonds is 12. The van der Waals surface area contributed by atoms with Gasteiger partial charge in [-0.05, 0) is 49.1 Å². The minimum atomic E-state index is -1.61. The molecule has 1 atom stereocenters. The Labute approximate surface area is 223 Å². The Morgan fingerprint density at radius 2 is 1.77 bits per heavy atom. The predicted octanol–water partition coefficient (Wildman–Crippen LogP) is 0.855. The largest absolute Gasteiger partial charge is 0.491 e. The SMILES string of the molecule is N=C(N)c1ccc(CC(=O)C(=O)O)c(OC[C@@H](CCC(=O)O)NC(=O)c2ccc3c(c2)CCCN3C(=N)N)c1. The molecule has 206 valence electrons. The molecule has 3 rings (SSSR count). The van der Waals surface area contributed by atoms with Crippen LogP contribution in [0.2, 0.25) is 0 Å². The summed E-state index contributed by atoms with van der Waals surface area (Å²) in [7, 11) is 0. The van der Waals surface area contributed by atoms with Gasteiger partial charge in [-0.2, -0.15) is 0 Å². The van der Waals surface area contributed by atoms with Crippen molar-refractivity contribution in [3.05, 3.63) is 58.7 Å². The van der Waals surface area contributed by atoms with Crippen LogP contribution >= 0.6 is 0 Å². The van der Waals surface area contributed by atoms with Gasteiger partial charge in [-0.15, -0.1) is 0 Å².